The molecule has 0 saturated carbocycles. The minimum absolute atomic E-state index is 0.0630. The van der Waals surface area contributed by atoms with Gasteiger partial charge in [-0.3, -0.25) is 4.79 Å². The summed E-state index contributed by atoms with van der Waals surface area (Å²) in [5.74, 6) is 0. The van der Waals surface area contributed by atoms with Crippen molar-refractivity contribution in [1.82, 2.24) is 4.57 Å². The van der Waals surface area contributed by atoms with Crippen molar-refractivity contribution in [2.45, 2.75) is 43.0 Å². The van der Waals surface area contributed by atoms with Crippen LogP contribution in [0.15, 0.2) is 63.2 Å². The zero-order valence-electron chi connectivity index (χ0n) is 14.7. The zero-order chi connectivity index (χ0) is 18.9. The summed E-state index contributed by atoms with van der Waals surface area (Å²) in [6.45, 7) is 4.61. The maximum atomic E-state index is 13.1. The van der Waals surface area contributed by atoms with Gasteiger partial charge < -0.3 is 4.57 Å². The van der Waals surface area contributed by atoms with Crippen LogP contribution in [-0.2, 0) is 16.4 Å². The summed E-state index contributed by atoms with van der Waals surface area (Å²) >= 11 is 5.86. The van der Waals surface area contributed by atoms with E-state index < -0.39 is 15.3 Å². The van der Waals surface area contributed by atoms with E-state index in [2.05, 4.69) is 6.92 Å². The Labute approximate surface area is 158 Å². The van der Waals surface area contributed by atoms with Crippen LogP contribution in [0.3, 0.4) is 0 Å². The Kier molecular flexibility index (Phi) is 5.21. The van der Waals surface area contributed by atoms with E-state index in [9.17, 15) is 13.2 Å². The first-order chi connectivity index (χ1) is 12.3. The number of hydrogen-bond donors (Lipinski definition) is 0. The molecule has 0 unspecified atom stereocenters. The van der Waals surface area contributed by atoms with Gasteiger partial charge in [0.05, 0.1) is 10.4 Å². The number of aromatic nitrogens is 1. The van der Waals surface area contributed by atoms with E-state index in [1.54, 1.807) is 6.07 Å². The summed E-state index contributed by atoms with van der Waals surface area (Å²) in [5, 5.41) is 0.870. The van der Waals surface area contributed by atoms with Gasteiger partial charge in [-0.2, -0.15) is 0 Å². The van der Waals surface area contributed by atoms with E-state index in [4.69, 9.17) is 11.6 Å². The summed E-state index contributed by atoms with van der Waals surface area (Å²) in [7, 11) is -3.93. The number of aryl methyl sites for hydroxylation is 2. The molecule has 1 aromatic heterocycles. The molecule has 0 spiro atoms. The van der Waals surface area contributed by atoms with Gasteiger partial charge in [0.25, 0.3) is 0 Å². The number of sulfone groups is 1. The van der Waals surface area contributed by atoms with Gasteiger partial charge in [0.1, 0.15) is 4.90 Å². The van der Waals surface area contributed by atoms with E-state index in [-0.39, 0.29) is 9.79 Å². The van der Waals surface area contributed by atoms with Crippen LogP contribution in [0.4, 0.5) is 0 Å². The van der Waals surface area contributed by atoms with Crippen LogP contribution >= 0.6 is 11.6 Å². The van der Waals surface area contributed by atoms with Crippen LogP contribution in [0.5, 0.6) is 0 Å². The van der Waals surface area contributed by atoms with Gasteiger partial charge in [0.2, 0.25) is 15.3 Å². The molecule has 0 atom stereocenters. The maximum Gasteiger partial charge on any atom is 0.211 e. The number of rotatable bonds is 5. The lowest BCUT2D eigenvalue weighted by Crippen LogP contribution is -2.19. The predicted molar refractivity (Wildman–Crippen MR) is 105 cm³/mol. The number of hydrogen-bond acceptors (Lipinski definition) is 3. The van der Waals surface area contributed by atoms with Crippen molar-refractivity contribution < 1.29 is 8.42 Å². The molecule has 4 nitrogen and oxygen atoms in total. The van der Waals surface area contributed by atoms with E-state index in [1.165, 1.54) is 30.5 Å². The first kappa shape index (κ1) is 18.7. The fraction of sp³-hybridized carbons (Fsp3) is 0.250. The zero-order valence-corrected chi connectivity index (χ0v) is 16.3. The van der Waals surface area contributed by atoms with Crippen molar-refractivity contribution >= 4 is 32.3 Å². The molecule has 3 aromatic rings. The van der Waals surface area contributed by atoms with E-state index >= 15 is 0 Å². The third-order valence-corrected chi connectivity index (χ3v) is 6.38. The first-order valence-corrected chi connectivity index (χ1v) is 10.3. The van der Waals surface area contributed by atoms with E-state index in [0.717, 1.165) is 23.9 Å². The normalized spacial score (nSPS) is 11.8. The van der Waals surface area contributed by atoms with Crippen LogP contribution in [0.1, 0.15) is 25.3 Å². The molecule has 0 radical (unpaired) electrons. The molecular weight excluding hydrogens is 370 g/mol. The van der Waals surface area contributed by atoms with Gasteiger partial charge in [-0.15, -0.1) is 0 Å². The predicted octanol–water partition coefficient (Wildman–Crippen LogP) is 4.60. The topological polar surface area (TPSA) is 56.1 Å². The van der Waals surface area contributed by atoms with Crippen LogP contribution in [0.25, 0.3) is 10.9 Å². The lowest BCUT2D eigenvalue weighted by Gasteiger charge is -2.14. The fourth-order valence-corrected chi connectivity index (χ4v) is 4.42. The largest absolute Gasteiger partial charge is 0.346 e. The molecule has 26 heavy (non-hydrogen) atoms. The molecule has 2 aromatic carbocycles. The van der Waals surface area contributed by atoms with Gasteiger partial charge in [0, 0.05) is 23.2 Å². The van der Waals surface area contributed by atoms with Crippen LogP contribution in [-0.4, -0.2) is 13.0 Å². The third kappa shape index (κ3) is 3.41. The fourth-order valence-electron chi connectivity index (χ4n) is 2.93. The highest BCUT2D eigenvalue weighted by Crippen LogP contribution is 2.23. The van der Waals surface area contributed by atoms with Crippen molar-refractivity contribution in [3.63, 3.8) is 0 Å². The molecule has 0 saturated heterocycles. The highest BCUT2D eigenvalue weighted by molar-refractivity contribution is 7.91. The highest BCUT2D eigenvalue weighted by Gasteiger charge is 2.23. The smallest absolute Gasteiger partial charge is 0.211 e. The number of halogens is 1. The van der Waals surface area contributed by atoms with Gasteiger partial charge in [-0.05, 0) is 49.7 Å². The Hall–Kier alpha value is -2.11. The van der Waals surface area contributed by atoms with Gasteiger partial charge in [0.15, 0.2) is 0 Å². The summed E-state index contributed by atoms with van der Waals surface area (Å²) in [5.41, 5.74) is 1.20. The van der Waals surface area contributed by atoms with Crippen molar-refractivity contribution in [3.8, 4) is 0 Å². The summed E-state index contributed by atoms with van der Waals surface area (Å²) in [6.07, 6.45) is 3.34. The molecule has 0 fully saturated rings. The Morgan fingerprint density at radius 1 is 1.08 bits per heavy atom. The number of unbranched alkanes of at least 4 members (excludes halogenated alkanes) is 1. The molecule has 0 aliphatic heterocycles. The summed E-state index contributed by atoms with van der Waals surface area (Å²) < 4.78 is 28.0. The Morgan fingerprint density at radius 2 is 1.77 bits per heavy atom. The average molecular weight is 390 g/mol. The SMILES string of the molecule is CCCCn1cc(S(=O)(=O)c2ccc(Cl)cc2)c(=O)c2cc(C)ccc21. The van der Waals surface area contributed by atoms with Crippen molar-refractivity contribution in [3.05, 3.63) is 69.5 Å². The Balaban J connectivity index is 2.30. The number of fused-ring (bicyclic) bond motifs is 1. The molecule has 0 aliphatic rings. The second-order valence-corrected chi connectivity index (χ2v) is 8.70. The average Bonchev–Trinajstić information content (AvgIpc) is 2.61. The van der Waals surface area contributed by atoms with E-state index in [1.807, 2.05) is 23.6 Å². The molecule has 6 heteroatoms. The second kappa shape index (κ2) is 7.25. The number of pyridine rings is 1. The summed E-state index contributed by atoms with van der Waals surface area (Å²) in [4.78, 5) is 12.8. The third-order valence-electron chi connectivity index (χ3n) is 4.37. The molecule has 0 bridgehead atoms. The second-order valence-electron chi connectivity index (χ2n) is 6.35. The molecule has 0 aliphatic carbocycles. The van der Waals surface area contributed by atoms with Gasteiger partial charge in [-0.1, -0.05) is 36.6 Å². The first-order valence-electron chi connectivity index (χ1n) is 8.49. The number of benzene rings is 2. The molecule has 0 amide bonds. The lowest BCUT2D eigenvalue weighted by atomic mass is 10.1. The molecule has 1 heterocycles. The van der Waals surface area contributed by atoms with Crippen molar-refractivity contribution in [2.24, 2.45) is 0 Å². The molecular formula is C20H20ClNO3S. The molecule has 0 N–H and O–H groups in total. The quantitative estimate of drug-likeness (QED) is 0.641. The van der Waals surface area contributed by atoms with Crippen molar-refractivity contribution in [1.29, 1.82) is 0 Å². The van der Waals surface area contributed by atoms with Crippen LogP contribution in [0, 0.1) is 6.92 Å². The summed E-state index contributed by atoms with van der Waals surface area (Å²) in [6, 6.07) is 11.4. The molecule has 136 valence electrons. The maximum absolute atomic E-state index is 13.1. The lowest BCUT2D eigenvalue weighted by molar-refractivity contribution is 0.591. The molecule has 3 rings (SSSR count). The number of nitrogens with zero attached hydrogens (tertiary/aromatic N) is 1. The Bertz CT molecular complexity index is 1120. The van der Waals surface area contributed by atoms with Crippen LogP contribution < -0.4 is 5.43 Å². The van der Waals surface area contributed by atoms with Crippen LogP contribution in [0.2, 0.25) is 5.02 Å². The highest BCUT2D eigenvalue weighted by atomic mass is 35.5. The van der Waals surface area contributed by atoms with E-state index in [0.29, 0.717) is 17.0 Å². The minimum Gasteiger partial charge on any atom is -0.346 e. The van der Waals surface area contributed by atoms with Gasteiger partial charge >= 0.3 is 0 Å². The minimum atomic E-state index is -3.93. The van der Waals surface area contributed by atoms with Gasteiger partial charge in [-0.25, -0.2) is 8.42 Å². The van der Waals surface area contributed by atoms with Crippen molar-refractivity contribution in [2.75, 3.05) is 0 Å². The monoisotopic (exact) mass is 389 g/mol. The standard InChI is InChI=1S/C20H20ClNO3S/c1-3-4-11-22-13-19(20(23)17-12-14(2)5-10-18(17)22)26(24,25)16-8-6-15(21)7-9-16/h5-10,12-13H,3-4,11H2,1-2H3. The Morgan fingerprint density at radius 3 is 2.42 bits per heavy atom.